The van der Waals surface area contributed by atoms with Gasteiger partial charge in [0.25, 0.3) is 0 Å². The highest BCUT2D eigenvalue weighted by atomic mass is 19.4. The first-order valence-corrected chi connectivity index (χ1v) is 2.45. The molecule has 0 unspecified atom stereocenters. The second-order valence-electron chi connectivity index (χ2n) is 1.74. The average Bonchev–Trinajstić information content (AvgIpc) is 2.11. The molecule has 2 N–H and O–H groups in total. The van der Waals surface area contributed by atoms with Gasteiger partial charge in [0.1, 0.15) is 5.56 Å². The number of hydrogen-bond donors (Lipinski definition) is 2. The molecule has 10 heavy (non-hydrogen) atoms. The molecule has 56 valence electrons. The molecule has 0 atom stereocenters. The third-order valence-electron chi connectivity index (χ3n) is 1.03. The fourth-order valence-corrected chi connectivity index (χ4v) is 0.589. The Bertz CT molecular complexity index is 227. The summed E-state index contributed by atoms with van der Waals surface area (Å²) < 4.78 is 35.1. The van der Waals surface area contributed by atoms with E-state index in [9.17, 15) is 13.2 Å². The van der Waals surface area contributed by atoms with Gasteiger partial charge in [0.15, 0.2) is 0 Å². The van der Waals surface area contributed by atoms with Crippen LogP contribution < -0.4 is 0 Å². The summed E-state index contributed by atoms with van der Waals surface area (Å²) in [6.07, 6.45) is -3.44. The van der Waals surface area contributed by atoms with Crippen molar-refractivity contribution in [1.82, 2.24) is 4.98 Å². The molecule has 0 radical (unpaired) electrons. The van der Waals surface area contributed by atoms with Crippen molar-refractivity contribution in [2.24, 2.45) is 0 Å². The van der Waals surface area contributed by atoms with Crippen LogP contribution in [0.1, 0.15) is 5.56 Å². The quantitative estimate of drug-likeness (QED) is 0.582. The number of nitrogens with one attached hydrogen (secondary N) is 1. The van der Waals surface area contributed by atoms with Crippen LogP contribution in [-0.4, -0.2) is 10.1 Å². The number of rotatable bonds is 0. The first-order chi connectivity index (χ1) is 4.52. The molecule has 5 heteroatoms. The van der Waals surface area contributed by atoms with E-state index in [1.54, 1.807) is 0 Å². The van der Waals surface area contributed by atoms with Crippen LogP contribution in [0.15, 0.2) is 12.3 Å². The van der Waals surface area contributed by atoms with E-state index in [-0.39, 0.29) is 0 Å². The summed E-state index contributed by atoms with van der Waals surface area (Å²) in [6, 6.07) is 0.773. The zero-order valence-corrected chi connectivity index (χ0v) is 4.74. The number of H-pyrrole nitrogens is 1. The van der Waals surface area contributed by atoms with Crippen molar-refractivity contribution in [2.45, 2.75) is 6.18 Å². The summed E-state index contributed by atoms with van der Waals surface area (Å²) >= 11 is 0. The van der Waals surface area contributed by atoms with E-state index in [1.807, 2.05) is 4.98 Å². The largest absolute Gasteiger partial charge is 0.494 e. The minimum absolute atomic E-state index is 0.773. The standard InChI is InChI=1S/C5H4F3NO/c6-5(7,8)3-1-2-9-4(3)10/h1-2,9-10H. The highest BCUT2D eigenvalue weighted by Crippen LogP contribution is 2.34. The van der Waals surface area contributed by atoms with Gasteiger partial charge in [-0.15, -0.1) is 0 Å². The molecule has 1 aromatic rings. The van der Waals surface area contributed by atoms with Crippen molar-refractivity contribution >= 4 is 0 Å². The maximum atomic E-state index is 11.7. The first kappa shape index (κ1) is 6.98. The molecule has 0 saturated carbocycles. The normalized spacial score (nSPS) is 11.9. The zero-order chi connectivity index (χ0) is 7.78. The highest BCUT2D eigenvalue weighted by molar-refractivity contribution is 5.27. The predicted octanol–water partition coefficient (Wildman–Crippen LogP) is 1.74. The predicted molar refractivity (Wildman–Crippen MR) is 27.5 cm³/mol. The van der Waals surface area contributed by atoms with E-state index >= 15 is 0 Å². The SMILES string of the molecule is Oc1[nH]ccc1C(F)(F)F. The molecule has 1 aromatic heterocycles. The van der Waals surface area contributed by atoms with Crippen molar-refractivity contribution in [2.75, 3.05) is 0 Å². The Morgan fingerprint density at radius 2 is 2.00 bits per heavy atom. The molecule has 0 aliphatic heterocycles. The lowest BCUT2D eigenvalue weighted by molar-refractivity contribution is -0.138. The molecule has 1 rings (SSSR count). The van der Waals surface area contributed by atoms with Crippen LogP contribution in [-0.2, 0) is 6.18 Å². The van der Waals surface area contributed by atoms with Crippen molar-refractivity contribution in [1.29, 1.82) is 0 Å². The molecule has 2 nitrogen and oxygen atoms in total. The smallest absolute Gasteiger partial charge is 0.421 e. The van der Waals surface area contributed by atoms with E-state index in [2.05, 4.69) is 0 Å². The van der Waals surface area contributed by atoms with E-state index in [0.717, 1.165) is 12.3 Å². The number of hydrogen-bond acceptors (Lipinski definition) is 1. The van der Waals surface area contributed by atoms with Gasteiger partial charge in [-0.1, -0.05) is 0 Å². The Morgan fingerprint density at radius 1 is 1.40 bits per heavy atom. The van der Waals surface area contributed by atoms with Gasteiger partial charge in [-0.2, -0.15) is 13.2 Å². The molecule has 0 aliphatic rings. The maximum absolute atomic E-state index is 11.7. The minimum Gasteiger partial charge on any atom is -0.494 e. The van der Waals surface area contributed by atoms with Crippen LogP contribution >= 0.6 is 0 Å². The van der Waals surface area contributed by atoms with Gasteiger partial charge in [-0.3, -0.25) is 0 Å². The molecule has 1 heterocycles. The monoisotopic (exact) mass is 151 g/mol. The number of aromatic hydroxyl groups is 1. The Morgan fingerprint density at radius 3 is 2.20 bits per heavy atom. The lowest BCUT2D eigenvalue weighted by Crippen LogP contribution is -2.02. The van der Waals surface area contributed by atoms with E-state index in [0.29, 0.717) is 0 Å². The fraction of sp³-hybridized carbons (Fsp3) is 0.200. The van der Waals surface area contributed by atoms with E-state index in [4.69, 9.17) is 5.11 Å². The van der Waals surface area contributed by atoms with Crippen molar-refractivity contribution < 1.29 is 18.3 Å². The number of halogens is 3. The van der Waals surface area contributed by atoms with Crippen molar-refractivity contribution in [3.05, 3.63) is 17.8 Å². The molecule has 0 aromatic carbocycles. The third kappa shape index (κ3) is 1.07. The Balaban J connectivity index is 3.05. The molecule has 0 saturated heterocycles. The summed E-state index contributed by atoms with van der Waals surface area (Å²) in [7, 11) is 0. The van der Waals surface area contributed by atoms with Gasteiger partial charge in [0.2, 0.25) is 5.88 Å². The molecule has 0 amide bonds. The maximum Gasteiger partial charge on any atom is 0.421 e. The topological polar surface area (TPSA) is 36.0 Å². The summed E-state index contributed by atoms with van der Waals surface area (Å²) in [5, 5.41) is 8.51. The second kappa shape index (κ2) is 1.93. The van der Waals surface area contributed by atoms with Crippen molar-refractivity contribution in [3.8, 4) is 5.88 Å². The Hall–Kier alpha value is -1.13. The van der Waals surface area contributed by atoms with Gasteiger partial charge in [0.05, 0.1) is 0 Å². The van der Waals surface area contributed by atoms with Crippen LogP contribution in [0.3, 0.4) is 0 Å². The zero-order valence-electron chi connectivity index (χ0n) is 4.74. The van der Waals surface area contributed by atoms with Crippen LogP contribution in [0.25, 0.3) is 0 Å². The van der Waals surface area contributed by atoms with Gasteiger partial charge < -0.3 is 10.1 Å². The van der Waals surface area contributed by atoms with Crippen LogP contribution in [0.5, 0.6) is 5.88 Å². The molecular formula is C5H4F3NO. The minimum atomic E-state index is -4.47. The molecule has 0 fully saturated rings. The number of aromatic amines is 1. The lowest BCUT2D eigenvalue weighted by Gasteiger charge is -2.02. The summed E-state index contributed by atoms with van der Waals surface area (Å²) in [4.78, 5) is 2.01. The van der Waals surface area contributed by atoms with Gasteiger partial charge in [-0.25, -0.2) is 0 Å². The highest BCUT2D eigenvalue weighted by Gasteiger charge is 2.34. The fourth-order valence-electron chi connectivity index (χ4n) is 0.589. The number of alkyl halides is 3. The lowest BCUT2D eigenvalue weighted by atomic mass is 10.3. The van der Waals surface area contributed by atoms with Gasteiger partial charge in [0, 0.05) is 6.20 Å². The van der Waals surface area contributed by atoms with E-state index < -0.39 is 17.6 Å². The molecule has 0 bridgehead atoms. The van der Waals surface area contributed by atoms with Crippen LogP contribution in [0.2, 0.25) is 0 Å². The van der Waals surface area contributed by atoms with Gasteiger partial charge >= 0.3 is 6.18 Å². The van der Waals surface area contributed by atoms with Crippen LogP contribution in [0.4, 0.5) is 13.2 Å². The Labute approximate surface area is 54.3 Å². The van der Waals surface area contributed by atoms with E-state index in [1.165, 1.54) is 0 Å². The van der Waals surface area contributed by atoms with Crippen LogP contribution in [0, 0.1) is 0 Å². The average molecular weight is 151 g/mol. The summed E-state index contributed by atoms with van der Waals surface area (Å²) in [6.45, 7) is 0. The Kier molecular flexibility index (Phi) is 1.35. The third-order valence-corrected chi connectivity index (χ3v) is 1.03. The summed E-state index contributed by atoms with van der Waals surface area (Å²) in [5.41, 5.74) is -1.03. The first-order valence-electron chi connectivity index (χ1n) is 2.45. The van der Waals surface area contributed by atoms with Crippen molar-refractivity contribution in [3.63, 3.8) is 0 Å². The molecule has 0 aliphatic carbocycles. The molecular weight excluding hydrogens is 147 g/mol. The summed E-state index contributed by atoms with van der Waals surface area (Å²) in [5.74, 6) is -0.840. The van der Waals surface area contributed by atoms with Gasteiger partial charge in [-0.05, 0) is 6.07 Å². The second-order valence-corrected chi connectivity index (χ2v) is 1.74. The molecule has 0 spiro atoms. The number of aromatic nitrogens is 1.